The van der Waals surface area contributed by atoms with Gasteiger partial charge in [0.05, 0.1) is 11.4 Å². The van der Waals surface area contributed by atoms with Gasteiger partial charge in [0.1, 0.15) is 42.3 Å². The molecule has 3 aliphatic heterocycles. The van der Waals surface area contributed by atoms with E-state index in [9.17, 15) is 28.8 Å². The molecule has 2 bridgehead atoms. The maximum absolute atomic E-state index is 13.6. The minimum atomic E-state index is -1.15. The van der Waals surface area contributed by atoms with Gasteiger partial charge in [0, 0.05) is 100 Å². The zero-order valence-corrected chi connectivity index (χ0v) is 45.0. The lowest BCUT2D eigenvalue weighted by molar-refractivity contribution is -0.143. The number of para-hydroxylation sites is 1. The molecule has 78 heavy (non-hydrogen) atoms. The number of piperazine rings is 2. The lowest BCUT2D eigenvalue weighted by Crippen LogP contribution is -2.55. The highest BCUT2D eigenvalue weighted by molar-refractivity contribution is 6.02. The van der Waals surface area contributed by atoms with Crippen LogP contribution in [0.1, 0.15) is 78.2 Å². The predicted octanol–water partition coefficient (Wildman–Crippen LogP) is 5.69. The molecule has 1 aliphatic carbocycles. The first-order valence-corrected chi connectivity index (χ1v) is 26.6. The van der Waals surface area contributed by atoms with Crippen molar-refractivity contribution < 1.29 is 52.5 Å². The first kappa shape index (κ1) is 56.4. The highest BCUT2D eigenvalue weighted by Crippen LogP contribution is 2.41. The lowest BCUT2D eigenvalue weighted by Gasteiger charge is -2.43. The average molecular weight is 1080 g/mol. The summed E-state index contributed by atoms with van der Waals surface area (Å²) < 4.78 is 28.6. The topological polar surface area (TPSA) is 274 Å². The molecule has 4 aromatic rings. The van der Waals surface area contributed by atoms with Crippen molar-refractivity contribution in [1.29, 1.82) is 0 Å². The van der Waals surface area contributed by atoms with Crippen LogP contribution in [0.15, 0.2) is 72.9 Å². The Labute approximate surface area is 454 Å². The second kappa shape index (κ2) is 25.6. The third kappa shape index (κ3) is 14.4. The number of amides is 6. The van der Waals surface area contributed by atoms with Crippen LogP contribution < -0.4 is 46.3 Å². The summed E-state index contributed by atoms with van der Waals surface area (Å²) in [5.41, 5.74) is 7.43. The van der Waals surface area contributed by atoms with Crippen molar-refractivity contribution in [2.24, 2.45) is 11.1 Å². The summed E-state index contributed by atoms with van der Waals surface area (Å²) in [6, 6.07) is 18.7. The number of aldehydes is 1. The molecule has 23 nitrogen and oxygen atoms in total. The Kier molecular flexibility index (Phi) is 18.5. The number of nitrogens with two attached hydrogens (primary N) is 1. The van der Waals surface area contributed by atoms with Crippen molar-refractivity contribution in [3.05, 3.63) is 78.5 Å². The van der Waals surface area contributed by atoms with E-state index in [2.05, 4.69) is 58.1 Å². The Morgan fingerprint density at radius 3 is 2.36 bits per heavy atom. The first-order valence-electron chi connectivity index (χ1n) is 26.6. The summed E-state index contributed by atoms with van der Waals surface area (Å²) in [6.45, 7) is 12.1. The molecule has 8 rings (SSSR count). The van der Waals surface area contributed by atoms with Gasteiger partial charge < -0.3 is 64.9 Å². The molecule has 3 saturated heterocycles. The summed E-state index contributed by atoms with van der Waals surface area (Å²) >= 11 is 0. The van der Waals surface area contributed by atoms with Crippen LogP contribution in [0.4, 0.5) is 37.3 Å². The number of anilines is 4. The fourth-order valence-electron chi connectivity index (χ4n) is 10.3. The van der Waals surface area contributed by atoms with Crippen molar-refractivity contribution in [1.82, 2.24) is 35.6 Å². The fourth-order valence-corrected chi connectivity index (χ4v) is 10.3. The van der Waals surface area contributed by atoms with Crippen LogP contribution in [-0.4, -0.2) is 157 Å². The van der Waals surface area contributed by atoms with Gasteiger partial charge in [0.25, 0.3) is 0 Å². The summed E-state index contributed by atoms with van der Waals surface area (Å²) in [5.74, 6) is 0.299. The van der Waals surface area contributed by atoms with Gasteiger partial charge in [-0.2, -0.15) is 0 Å². The van der Waals surface area contributed by atoms with Gasteiger partial charge >= 0.3 is 18.2 Å². The number of aromatic nitrogens is 3. The van der Waals surface area contributed by atoms with Gasteiger partial charge in [-0.05, 0) is 108 Å². The summed E-state index contributed by atoms with van der Waals surface area (Å²) in [4.78, 5) is 89.2. The summed E-state index contributed by atoms with van der Waals surface area (Å²) in [6.07, 6.45) is 5.34. The molecule has 23 heteroatoms. The van der Waals surface area contributed by atoms with Crippen LogP contribution in [0.5, 0.6) is 11.6 Å². The van der Waals surface area contributed by atoms with Gasteiger partial charge in [0.15, 0.2) is 12.6 Å². The molecule has 2 aromatic carbocycles. The molecule has 4 fully saturated rings. The Balaban J connectivity index is 0.902. The lowest BCUT2D eigenvalue weighted by atomic mass is 9.69. The zero-order valence-electron chi connectivity index (χ0n) is 45.0. The number of benzene rings is 2. The summed E-state index contributed by atoms with van der Waals surface area (Å²) in [5, 5.41) is 20.0. The second-order valence-electron chi connectivity index (χ2n) is 21.2. The average Bonchev–Trinajstić information content (AvgIpc) is 3.74. The highest BCUT2D eigenvalue weighted by atomic mass is 16.7. The number of nitrogens with one attached hydrogen (secondary N) is 4. The van der Waals surface area contributed by atoms with Crippen LogP contribution >= 0.6 is 0 Å². The van der Waals surface area contributed by atoms with Gasteiger partial charge in [-0.15, -0.1) is 10.2 Å². The molecule has 5 heterocycles. The Hall–Kier alpha value is -7.79. The number of carbonyl (C=O) groups is 6. The molecular weight excluding hydrogens is 1000 g/mol. The molecule has 4 aliphatic rings. The number of nitrogens with zero attached hydrogens (tertiary/aromatic N) is 7. The molecule has 4 atom stereocenters. The van der Waals surface area contributed by atoms with Gasteiger partial charge in [-0.3, -0.25) is 19.8 Å². The van der Waals surface area contributed by atoms with Crippen molar-refractivity contribution >= 4 is 59.2 Å². The molecule has 6 N–H and O–H groups in total. The van der Waals surface area contributed by atoms with Crippen LogP contribution in [0.3, 0.4) is 0 Å². The Morgan fingerprint density at radius 1 is 0.923 bits per heavy atom. The van der Waals surface area contributed by atoms with E-state index in [4.69, 9.17) is 29.4 Å². The van der Waals surface area contributed by atoms with Crippen molar-refractivity contribution in [2.75, 3.05) is 86.8 Å². The number of fused-ring (bicyclic) bond motifs is 2. The Morgan fingerprint density at radius 2 is 1.68 bits per heavy atom. The standard InChI is InChI=1S/C55H72N12O11/c1-36-30-65(53(73)78-54(2,3)4)25-24-64(36)26-27-75-47-28-39(19-23-57-47)67-40-17-18-41(67)32-66(31-40)45-29-44(42-10-6-7-12-46(42)77-35-74-5)62-63-48(45)61-52(72)76-33-37-13-15-38(16-14-37)59-49(69)43(11-8-22-58-51(56)71)60-50(70)55(34-68)20-9-21-55/h6-7,10,12-16,19,23,28-29,34,36,40-41,43H,8-9,11,17-18,20-22,24-27,30-33,35H2,1-5H3,(H,59,69)(H,60,70)(H3,56,58,71)(H,61,63,72)/t36-,40?,41?,43+/m1/s1. The molecule has 6 amide bonds. The van der Waals surface area contributed by atoms with E-state index in [1.807, 2.05) is 63.2 Å². The van der Waals surface area contributed by atoms with E-state index < -0.39 is 41.0 Å². The van der Waals surface area contributed by atoms with Gasteiger partial charge in [-0.25, -0.2) is 19.4 Å². The minimum absolute atomic E-state index is 0.0318. The Bertz CT molecular complexity index is 2740. The maximum atomic E-state index is 13.6. The van der Waals surface area contributed by atoms with E-state index in [1.54, 1.807) is 42.5 Å². The molecule has 0 spiro atoms. The quantitative estimate of drug-likeness (QED) is 0.0274. The van der Waals surface area contributed by atoms with Crippen LogP contribution in [0, 0.1) is 5.41 Å². The number of ether oxygens (including phenoxy) is 5. The van der Waals surface area contributed by atoms with E-state index in [1.165, 1.54) is 0 Å². The molecular formula is C55H72N12O11. The van der Waals surface area contributed by atoms with E-state index in [-0.39, 0.29) is 56.4 Å². The molecule has 1 saturated carbocycles. The smallest absolute Gasteiger partial charge is 0.413 e. The van der Waals surface area contributed by atoms with Crippen LogP contribution in [0.25, 0.3) is 11.3 Å². The van der Waals surface area contributed by atoms with Gasteiger partial charge in [-0.1, -0.05) is 30.7 Å². The van der Waals surface area contributed by atoms with Crippen molar-refractivity contribution in [3.63, 3.8) is 0 Å². The zero-order chi connectivity index (χ0) is 55.4. The second-order valence-corrected chi connectivity index (χ2v) is 21.2. The van der Waals surface area contributed by atoms with Crippen molar-refractivity contribution in [2.45, 2.75) is 109 Å². The molecule has 0 radical (unpaired) electrons. The summed E-state index contributed by atoms with van der Waals surface area (Å²) in [7, 11) is 1.55. The van der Waals surface area contributed by atoms with Crippen LogP contribution in [-0.2, 0) is 35.2 Å². The number of carbonyl (C=O) groups excluding carboxylic acids is 6. The predicted molar refractivity (Wildman–Crippen MR) is 290 cm³/mol. The van der Waals surface area contributed by atoms with E-state index in [0.29, 0.717) is 111 Å². The molecule has 418 valence electrons. The maximum Gasteiger partial charge on any atom is 0.413 e. The monoisotopic (exact) mass is 1080 g/mol. The largest absolute Gasteiger partial charge is 0.476 e. The van der Waals surface area contributed by atoms with Crippen molar-refractivity contribution in [3.8, 4) is 22.9 Å². The SMILES string of the molecule is COCOc1ccccc1-c1cc(N2CC3CCC(C2)N3c2ccnc(OCCN3CCN(C(=O)OC(C)(C)C)C[C@H]3C)c2)c(NC(=O)OCc2ccc(NC(=O)[C@H](CCCNC(N)=O)NC(=O)C3(C=O)CCC3)cc2)nn1. The normalized spacial score (nSPS) is 19.1. The van der Waals surface area contributed by atoms with E-state index >= 15 is 0 Å². The third-order valence-electron chi connectivity index (χ3n) is 14.5. The highest BCUT2D eigenvalue weighted by Gasteiger charge is 2.45. The van der Waals surface area contributed by atoms with E-state index in [0.717, 1.165) is 24.9 Å². The number of primary amides is 1. The third-order valence-corrected chi connectivity index (χ3v) is 14.5. The number of hydrogen-bond donors (Lipinski definition) is 5. The molecule has 2 aromatic heterocycles. The molecule has 2 unspecified atom stereocenters. The first-order chi connectivity index (χ1) is 37.5. The number of methoxy groups -OCH3 is 1. The number of pyridine rings is 1. The fraction of sp³-hybridized carbons (Fsp3) is 0.509. The van der Waals surface area contributed by atoms with Crippen LogP contribution in [0.2, 0.25) is 0 Å². The minimum Gasteiger partial charge on any atom is -0.476 e. The number of urea groups is 1. The number of rotatable bonds is 22. The number of hydrogen-bond acceptors (Lipinski definition) is 17. The van der Waals surface area contributed by atoms with Gasteiger partial charge in [0.2, 0.25) is 17.7 Å².